The van der Waals surface area contributed by atoms with Crippen molar-refractivity contribution in [3.63, 3.8) is 0 Å². The van der Waals surface area contributed by atoms with Crippen LogP contribution in [0.3, 0.4) is 0 Å². The van der Waals surface area contributed by atoms with Crippen molar-refractivity contribution in [2.75, 3.05) is 32.8 Å². The number of thiazole rings is 1. The maximum atomic E-state index is 12.4. The van der Waals surface area contributed by atoms with E-state index in [4.69, 9.17) is 16.3 Å². The molecule has 9 heteroatoms. The molecule has 7 nitrogen and oxygen atoms in total. The number of likely N-dealkylation sites (tertiary alicyclic amines) is 1. The van der Waals surface area contributed by atoms with Crippen LogP contribution >= 0.6 is 22.9 Å². The molecular weight excluding hydrogens is 376 g/mol. The van der Waals surface area contributed by atoms with Crippen LogP contribution in [0.4, 0.5) is 0 Å². The van der Waals surface area contributed by atoms with E-state index in [9.17, 15) is 9.59 Å². The van der Waals surface area contributed by atoms with Gasteiger partial charge in [-0.25, -0.2) is 4.98 Å². The molecule has 2 aliphatic heterocycles. The van der Waals surface area contributed by atoms with Gasteiger partial charge in [-0.15, -0.1) is 0 Å². The van der Waals surface area contributed by atoms with Gasteiger partial charge in [-0.3, -0.25) is 14.5 Å². The average Bonchev–Trinajstić information content (AvgIpc) is 2.89. The van der Waals surface area contributed by atoms with Crippen molar-refractivity contribution in [3.8, 4) is 0 Å². The highest BCUT2D eigenvalue weighted by molar-refractivity contribution is 7.17. The topological polar surface area (TPSA) is 83.6 Å². The van der Waals surface area contributed by atoms with Gasteiger partial charge in [-0.1, -0.05) is 35.8 Å². The van der Waals surface area contributed by atoms with Gasteiger partial charge in [0.2, 0.25) is 5.91 Å². The summed E-state index contributed by atoms with van der Waals surface area (Å²) in [7, 11) is 0. The third-order valence-corrected chi connectivity index (χ3v) is 5.90. The number of nitrogens with zero attached hydrogens (tertiary/aromatic N) is 2. The van der Waals surface area contributed by atoms with Crippen LogP contribution in [0.15, 0.2) is 6.20 Å². The quantitative estimate of drug-likeness (QED) is 0.785. The molecule has 0 saturated carbocycles. The van der Waals surface area contributed by atoms with Gasteiger partial charge in [0.05, 0.1) is 31.4 Å². The van der Waals surface area contributed by atoms with Crippen LogP contribution in [-0.2, 0) is 9.53 Å². The van der Waals surface area contributed by atoms with Gasteiger partial charge in [0.1, 0.15) is 4.88 Å². The van der Waals surface area contributed by atoms with Crippen LogP contribution in [0.25, 0.3) is 0 Å². The summed E-state index contributed by atoms with van der Waals surface area (Å²) in [6.07, 6.45) is 6.90. The fraction of sp³-hybridized carbons (Fsp3) is 0.706. The fourth-order valence-corrected chi connectivity index (χ4v) is 4.24. The largest absolute Gasteiger partial charge is 0.379 e. The Balaban J connectivity index is 1.52. The van der Waals surface area contributed by atoms with Gasteiger partial charge in [0, 0.05) is 6.61 Å². The molecule has 2 N–H and O–H groups in total. The smallest absolute Gasteiger partial charge is 0.263 e. The summed E-state index contributed by atoms with van der Waals surface area (Å²) < 4.78 is 5.84. The number of halogens is 1. The Labute approximate surface area is 162 Å². The van der Waals surface area contributed by atoms with Crippen molar-refractivity contribution in [2.45, 2.75) is 44.2 Å². The molecular formula is C17H25ClN4O3S. The average molecular weight is 401 g/mol. The van der Waals surface area contributed by atoms with Crippen LogP contribution in [-0.4, -0.2) is 66.6 Å². The second kappa shape index (κ2) is 9.64. The van der Waals surface area contributed by atoms with Gasteiger partial charge >= 0.3 is 0 Å². The Kier molecular flexibility index (Phi) is 7.24. The van der Waals surface area contributed by atoms with Crippen molar-refractivity contribution in [1.82, 2.24) is 20.5 Å². The number of carbonyl (C=O) groups excluding carboxylic acids is 2. The van der Waals surface area contributed by atoms with Crippen molar-refractivity contribution in [2.24, 2.45) is 0 Å². The lowest BCUT2D eigenvalue weighted by Gasteiger charge is -2.33. The SMILES string of the molecule is O=C(CN1CCCCCC1)N[C@H]1COCC[C@H]1NC(=O)c1cnc(Cl)s1. The zero-order chi connectivity index (χ0) is 18.4. The van der Waals surface area contributed by atoms with E-state index in [-0.39, 0.29) is 23.9 Å². The number of nitrogens with one attached hydrogen (secondary N) is 2. The van der Waals surface area contributed by atoms with Crippen molar-refractivity contribution in [1.29, 1.82) is 0 Å². The molecule has 0 radical (unpaired) electrons. The highest BCUT2D eigenvalue weighted by Gasteiger charge is 2.29. The Bertz CT molecular complexity index is 619. The van der Waals surface area contributed by atoms with Gasteiger partial charge in [0.25, 0.3) is 5.91 Å². The highest BCUT2D eigenvalue weighted by Crippen LogP contribution is 2.18. The van der Waals surface area contributed by atoms with Gasteiger partial charge in [-0.05, 0) is 32.4 Å². The Morgan fingerprint density at radius 1 is 1.23 bits per heavy atom. The first-order valence-electron chi connectivity index (χ1n) is 9.13. The molecule has 0 spiro atoms. The Morgan fingerprint density at radius 2 is 2.00 bits per heavy atom. The van der Waals surface area contributed by atoms with Gasteiger partial charge in [-0.2, -0.15) is 0 Å². The minimum Gasteiger partial charge on any atom is -0.379 e. The molecule has 2 fully saturated rings. The van der Waals surface area contributed by atoms with Crippen LogP contribution in [0.1, 0.15) is 41.8 Å². The molecule has 3 heterocycles. The van der Waals surface area contributed by atoms with Crippen LogP contribution in [0, 0.1) is 0 Å². The number of aromatic nitrogens is 1. The molecule has 0 aliphatic carbocycles. The zero-order valence-electron chi connectivity index (χ0n) is 14.7. The van der Waals surface area contributed by atoms with E-state index in [1.54, 1.807) is 0 Å². The summed E-state index contributed by atoms with van der Waals surface area (Å²) in [5.74, 6) is -0.226. The summed E-state index contributed by atoms with van der Waals surface area (Å²) >= 11 is 6.94. The van der Waals surface area contributed by atoms with E-state index >= 15 is 0 Å². The van der Waals surface area contributed by atoms with Crippen LogP contribution < -0.4 is 10.6 Å². The lowest BCUT2D eigenvalue weighted by Crippen LogP contribution is -2.57. The molecule has 1 aromatic rings. The first kappa shape index (κ1) is 19.5. The second-order valence-electron chi connectivity index (χ2n) is 6.79. The van der Waals surface area contributed by atoms with E-state index in [1.807, 2.05) is 0 Å². The number of amides is 2. The lowest BCUT2D eigenvalue weighted by atomic mass is 10.0. The standard InChI is InChI=1S/C17H25ClN4O3S/c18-17-19-9-14(26-17)16(24)21-12-5-8-25-11-13(12)20-15(23)10-22-6-3-1-2-4-7-22/h9,12-13H,1-8,10-11H2,(H,20,23)(H,21,24)/t12-,13+/m1/s1. The number of carbonyl (C=O) groups is 2. The maximum Gasteiger partial charge on any atom is 0.263 e. The predicted octanol–water partition coefficient (Wildman–Crippen LogP) is 1.68. The minimum absolute atomic E-state index is 0.0116. The lowest BCUT2D eigenvalue weighted by molar-refractivity contribution is -0.124. The van der Waals surface area contributed by atoms with Crippen LogP contribution in [0.2, 0.25) is 4.47 Å². The highest BCUT2D eigenvalue weighted by atomic mass is 35.5. The Morgan fingerprint density at radius 3 is 2.69 bits per heavy atom. The predicted molar refractivity (Wildman–Crippen MR) is 101 cm³/mol. The monoisotopic (exact) mass is 400 g/mol. The number of hydrogen-bond donors (Lipinski definition) is 2. The molecule has 2 aliphatic rings. The molecule has 144 valence electrons. The summed E-state index contributed by atoms with van der Waals surface area (Å²) in [5.41, 5.74) is 0. The zero-order valence-corrected chi connectivity index (χ0v) is 16.3. The first-order valence-corrected chi connectivity index (χ1v) is 10.3. The van der Waals surface area contributed by atoms with Crippen molar-refractivity contribution < 1.29 is 14.3 Å². The normalized spacial score (nSPS) is 24.7. The van der Waals surface area contributed by atoms with E-state index in [1.165, 1.54) is 19.0 Å². The molecule has 2 atom stereocenters. The number of ether oxygens (including phenoxy) is 1. The summed E-state index contributed by atoms with van der Waals surface area (Å²) in [4.78, 5) is 31.4. The molecule has 2 amide bonds. The summed E-state index contributed by atoms with van der Waals surface area (Å²) in [5, 5.41) is 6.02. The van der Waals surface area contributed by atoms with E-state index in [0.29, 0.717) is 35.5 Å². The molecule has 0 unspecified atom stereocenters. The summed E-state index contributed by atoms with van der Waals surface area (Å²) in [6.45, 7) is 3.32. The molecule has 0 bridgehead atoms. The van der Waals surface area contributed by atoms with Crippen LogP contribution in [0.5, 0.6) is 0 Å². The van der Waals surface area contributed by atoms with Crippen molar-refractivity contribution >= 4 is 34.8 Å². The van der Waals surface area contributed by atoms with Gasteiger partial charge in [0.15, 0.2) is 4.47 Å². The molecule has 0 aromatic carbocycles. The molecule has 2 saturated heterocycles. The maximum absolute atomic E-state index is 12.4. The molecule has 3 rings (SSSR count). The number of rotatable bonds is 5. The Hall–Kier alpha value is -1.22. The number of hydrogen-bond acceptors (Lipinski definition) is 6. The minimum atomic E-state index is -0.226. The van der Waals surface area contributed by atoms with E-state index in [0.717, 1.165) is 37.3 Å². The fourth-order valence-electron chi connectivity index (χ4n) is 3.40. The van der Waals surface area contributed by atoms with Gasteiger partial charge < -0.3 is 15.4 Å². The van der Waals surface area contributed by atoms with E-state index < -0.39 is 0 Å². The summed E-state index contributed by atoms with van der Waals surface area (Å²) in [6, 6.07) is -0.388. The third kappa shape index (κ3) is 5.64. The molecule has 1 aromatic heterocycles. The third-order valence-electron chi connectivity index (χ3n) is 4.79. The second-order valence-corrected chi connectivity index (χ2v) is 8.40. The molecule has 26 heavy (non-hydrogen) atoms. The van der Waals surface area contributed by atoms with Crippen molar-refractivity contribution in [3.05, 3.63) is 15.5 Å². The first-order chi connectivity index (χ1) is 12.6. The van der Waals surface area contributed by atoms with E-state index in [2.05, 4.69) is 20.5 Å².